The third-order valence-corrected chi connectivity index (χ3v) is 3.08. The number of carbonyl (C=O) groups is 2. The maximum atomic E-state index is 13.5. The van der Waals surface area contributed by atoms with Gasteiger partial charge < -0.3 is 10.4 Å². The maximum absolute atomic E-state index is 13.5. The van der Waals surface area contributed by atoms with Crippen LogP contribution >= 0.6 is 15.9 Å². The van der Waals surface area contributed by atoms with E-state index in [0.717, 1.165) is 0 Å². The lowest BCUT2D eigenvalue weighted by Gasteiger charge is -2.13. The Hall–Kier alpha value is -1.47. The third kappa shape index (κ3) is 5.26. The summed E-state index contributed by atoms with van der Waals surface area (Å²) in [5.41, 5.74) is 0.0577. The van der Waals surface area contributed by atoms with Gasteiger partial charge in [0.05, 0.1) is 12.2 Å². The van der Waals surface area contributed by atoms with Gasteiger partial charge in [0, 0.05) is 4.47 Å². The molecule has 20 heavy (non-hydrogen) atoms. The molecule has 0 spiro atoms. The van der Waals surface area contributed by atoms with Gasteiger partial charge in [-0.2, -0.15) is 0 Å². The number of anilines is 1. The van der Waals surface area contributed by atoms with Crippen LogP contribution in [0.5, 0.6) is 0 Å². The highest BCUT2D eigenvalue weighted by atomic mass is 79.9. The van der Waals surface area contributed by atoms with Crippen LogP contribution in [-0.2, 0) is 9.59 Å². The number of amides is 1. The summed E-state index contributed by atoms with van der Waals surface area (Å²) in [4.78, 5) is 22.5. The van der Waals surface area contributed by atoms with Crippen LogP contribution in [0.1, 0.15) is 19.8 Å². The molecule has 1 rings (SSSR count). The summed E-state index contributed by atoms with van der Waals surface area (Å²) < 4.78 is 14.1. The van der Waals surface area contributed by atoms with Crippen LogP contribution < -0.4 is 10.6 Å². The minimum absolute atomic E-state index is 0.0577. The van der Waals surface area contributed by atoms with Crippen molar-refractivity contribution in [2.45, 2.75) is 25.8 Å². The van der Waals surface area contributed by atoms with Crippen molar-refractivity contribution in [3.63, 3.8) is 0 Å². The minimum Gasteiger partial charge on any atom is -0.480 e. The van der Waals surface area contributed by atoms with Crippen molar-refractivity contribution in [1.82, 2.24) is 5.32 Å². The molecule has 5 nitrogen and oxygen atoms in total. The first-order valence-electron chi connectivity index (χ1n) is 6.15. The normalized spacial score (nSPS) is 11.9. The fourth-order valence-electron chi connectivity index (χ4n) is 1.60. The van der Waals surface area contributed by atoms with E-state index >= 15 is 0 Å². The van der Waals surface area contributed by atoms with E-state index in [-0.39, 0.29) is 12.2 Å². The quantitative estimate of drug-likeness (QED) is 0.708. The van der Waals surface area contributed by atoms with Crippen LogP contribution in [0.25, 0.3) is 0 Å². The highest BCUT2D eigenvalue weighted by Crippen LogP contribution is 2.19. The zero-order valence-corrected chi connectivity index (χ0v) is 12.5. The lowest BCUT2D eigenvalue weighted by atomic mass is 10.2. The second-order valence-electron chi connectivity index (χ2n) is 4.23. The van der Waals surface area contributed by atoms with E-state index in [1.165, 1.54) is 12.1 Å². The number of carbonyl (C=O) groups excluding carboxylic acids is 1. The molecule has 1 aromatic rings. The standard InChI is InChI=1S/C13H16BrFN2O3/c1-2-3-11(13(19)20)16-7-12(18)17-10-5-4-8(14)6-9(10)15/h4-6,11,16H,2-3,7H2,1H3,(H,17,18)(H,19,20). The number of hydrogen-bond donors (Lipinski definition) is 3. The maximum Gasteiger partial charge on any atom is 0.320 e. The molecule has 0 aliphatic rings. The summed E-state index contributed by atoms with van der Waals surface area (Å²) in [7, 11) is 0. The van der Waals surface area contributed by atoms with Crippen LogP contribution in [0, 0.1) is 5.82 Å². The molecule has 1 aromatic carbocycles. The molecule has 0 saturated carbocycles. The van der Waals surface area contributed by atoms with E-state index in [9.17, 15) is 14.0 Å². The number of nitrogens with one attached hydrogen (secondary N) is 2. The molecule has 0 aliphatic carbocycles. The fraction of sp³-hybridized carbons (Fsp3) is 0.385. The number of carboxylic acid groups (broad SMARTS) is 1. The molecule has 0 bridgehead atoms. The predicted molar refractivity (Wildman–Crippen MR) is 77.1 cm³/mol. The summed E-state index contributed by atoms with van der Waals surface area (Å²) in [5.74, 6) is -2.06. The van der Waals surface area contributed by atoms with Crippen molar-refractivity contribution in [2.75, 3.05) is 11.9 Å². The Morgan fingerprint density at radius 3 is 2.70 bits per heavy atom. The first kappa shape index (κ1) is 16.6. The molecule has 3 N–H and O–H groups in total. The molecule has 0 aromatic heterocycles. The molecular weight excluding hydrogens is 331 g/mol. The number of rotatable bonds is 7. The van der Waals surface area contributed by atoms with Gasteiger partial charge in [0.1, 0.15) is 11.9 Å². The summed E-state index contributed by atoms with van der Waals surface area (Å²) in [6.45, 7) is 1.67. The summed E-state index contributed by atoms with van der Waals surface area (Å²) in [6.07, 6.45) is 1.11. The molecule has 1 unspecified atom stereocenters. The van der Waals surface area contributed by atoms with E-state index in [0.29, 0.717) is 17.3 Å². The lowest BCUT2D eigenvalue weighted by molar-refractivity contribution is -0.139. The number of hydrogen-bond acceptors (Lipinski definition) is 3. The molecule has 0 radical (unpaired) electrons. The van der Waals surface area contributed by atoms with Gasteiger partial charge in [-0.1, -0.05) is 29.3 Å². The molecule has 1 amide bonds. The zero-order chi connectivity index (χ0) is 15.1. The molecule has 0 saturated heterocycles. The molecular formula is C13H16BrFN2O3. The van der Waals surface area contributed by atoms with Gasteiger partial charge in [0.25, 0.3) is 0 Å². The van der Waals surface area contributed by atoms with E-state index in [1.807, 2.05) is 6.92 Å². The van der Waals surface area contributed by atoms with Gasteiger partial charge in [-0.05, 0) is 24.6 Å². The SMILES string of the molecule is CCCC(NCC(=O)Nc1ccc(Br)cc1F)C(=O)O. The van der Waals surface area contributed by atoms with Crippen LogP contribution in [-0.4, -0.2) is 29.6 Å². The van der Waals surface area contributed by atoms with E-state index < -0.39 is 23.7 Å². The molecule has 0 fully saturated rings. The minimum atomic E-state index is -1.01. The summed E-state index contributed by atoms with van der Waals surface area (Å²) in [6, 6.07) is 3.49. The van der Waals surface area contributed by atoms with Crippen molar-refractivity contribution >= 4 is 33.5 Å². The Morgan fingerprint density at radius 2 is 2.15 bits per heavy atom. The highest BCUT2D eigenvalue weighted by Gasteiger charge is 2.17. The van der Waals surface area contributed by atoms with E-state index in [1.54, 1.807) is 6.07 Å². The Labute approximate surface area is 124 Å². The third-order valence-electron chi connectivity index (χ3n) is 2.59. The van der Waals surface area contributed by atoms with Gasteiger partial charge in [0.2, 0.25) is 5.91 Å². The summed E-state index contributed by atoms with van der Waals surface area (Å²) in [5, 5.41) is 13.9. The Balaban J connectivity index is 2.53. The van der Waals surface area contributed by atoms with Crippen molar-refractivity contribution < 1.29 is 19.1 Å². The van der Waals surface area contributed by atoms with Crippen LogP contribution in [0.3, 0.4) is 0 Å². The van der Waals surface area contributed by atoms with Crippen LogP contribution in [0.2, 0.25) is 0 Å². The van der Waals surface area contributed by atoms with Crippen LogP contribution in [0.4, 0.5) is 10.1 Å². The smallest absolute Gasteiger partial charge is 0.320 e. The average Bonchev–Trinajstić information content (AvgIpc) is 2.37. The molecule has 0 aliphatic heterocycles. The number of halogens is 2. The fourth-order valence-corrected chi connectivity index (χ4v) is 1.94. The molecule has 7 heteroatoms. The van der Waals surface area contributed by atoms with E-state index in [4.69, 9.17) is 5.11 Å². The Kier molecular flexibility index (Phi) is 6.60. The first-order chi connectivity index (χ1) is 9.43. The van der Waals surface area contributed by atoms with Crippen molar-refractivity contribution in [1.29, 1.82) is 0 Å². The Morgan fingerprint density at radius 1 is 1.45 bits per heavy atom. The summed E-state index contributed by atoms with van der Waals surface area (Å²) >= 11 is 3.12. The number of aliphatic carboxylic acids is 1. The highest BCUT2D eigenvalue weighted by molar-refractivity contribution is 9.10. The number of carboxylic acids is 1. The molecule has 1 atom stereocenters. The van der Waals surface area contributed by atoms with Gasteiger partial charge in [-0.3, -0.25) is 14.9 Å². The molecule has 110 valence electrons. The predicted octanol–water partition coefficient (Wildman–Crippen LogP) is 2.37. The first-order valence-corrected chi connectivity index (χ1v) is 6.94. The molecule has 0 heterocycles. The Bertz CT molecular complexity index is 497. The second kappa shape index (κ2) is 7.96. The van der Waals surface area contributed by atoms with Gasteiger partial charge >= 0.3 is 5.97 Å². The van der Waals surface area contributed by atoms with Gasteiger partial charge in [-0.15, -0.1) is 0 Å². The largest absolute Gasteiger partial charge is 0.480 e. The van der Waals surface area contributed by atoms with Gasteiger partial charge in [0.15, 0.2) is 0 Å². The lowest BCUT2D eigenvalue weighted by Crippen LogP contribution is -2.41. The van der Waals surface area contributed by atoms with Crippen molar-refractivity contribution in [3.8, 4) is 0 Å². The van der Waals surface area contributed by atoms with E-state index in [2.05, 4.69) is 26.6 Å². The number of benzene rings is 1. The average molecular weight is 347 g/mol. The second-order valence-corrected chi connectivity index (χ2v) is 5.15. The van der Waals surface area contributed by atoms with Gasteiger partial charge in [-0.25, -0.2) is 4.39 Å². The monoisotopic (exact) mass is 346 g/mol. The van der Waals surface area contributed by atoms with Crippen molar-refractivity contribution in [3.05, 3.63) is 28.5 Å². The topological polar surface area (TPSA) is 78.4 Å². The van der Waals surface area contributed by atoms with Crippen LogP contribution in [0.15, 0.2) is 22.7 Å². The zero-order valence-electron chi connectivity index (χ0n) is 11.0. The van der Waals surface area contributed by atoms with Crippen molar-refractivity contribution in [2.24, 2.45) is 0 Å².